The number of aliphatic hydroxyl groups is 1. The molecule has 10 heavy (non-hydrogen) atoms. The number of allylic oxidation sites excluding steroid dienone is 1. The lowest BCUT2D eigenvalue weighted by atomic mass is 10.0. The summed E-state index contributed by atoms with van der Waals surface area (Å²) in [6.45, 7) is 5.82. The Balaban J connectivity index is 4.09. The molecule has 0 spiro atoms. The third-order valence-electron chi connectivity index (χ3n) is 1.52. The van der Waals surface area contributed by atoms with Gasteiger partial charge in [-0.05, 0) is 30.3 Å². The van der Waals surface area contributed by atoms with Crippen molar-refractivity contribution in [2.24, 2.45) is 0 Å². The van der Waals surface area contributed by atoms with Crippen molar-refractivity contribution in [3.63, 3.8) is 0 Å². The molecule has 0 heterocycles. The molecule has 1 N–H and O–H groups in total. The highest BCUT2D eigenvalue weighted by Gasteiger charge is 2.13. The van der Waals surface area contributed by atoms with Crippen LogP contribution >= 0.6 is 15.9 Å². The van der Waals surface area contributed by atoms with Gasteiger partial charge in [0, 0.05) is 0 Å². The van der Waals surface area contributed by atoms with Crippen molar-refractivity contribution in [2.75, 3.05) is 0 Å². The van der Waals surface area contributed by atoms with Crippen molar-refractivity contribution in [1.29, 1.82) is 0 Å². The third-order valence-corrected chi connectivity index (χ3v) is 2.31. The van der Waals surface area contributed by atoms with Gasteiger partial charge in [0.25, 0.3) is 0 Å². The molecule has 0 amide bonds. The summed E-state index contributed by atoms with van der Waals surface area (Å²) in [6, 6.07) is 0. The van der Waals surface area contributed by atoms with Crippen LogP contribution in [0.1, 0.15) is 33.6 Å². The van der Waals surface area contributed by atoms with Gasteiger partial charge in [0.2, 0.25) is 0 Å². The maximum Gasteiger partial charge on any atom is 0.0807 e. The molecule has 0 saturated carbocycles. The molecule has 0 fully saturated rings. The predicted octanol–water partition coefficient (Wildman–Crippen LogP) is 2.84. The average Bonchev–Trinajstić information content (AvgIpc) is 1.87. The molecular formula is C8H15BrO. The zero-order valence-corrected chi connectivity index (χ0v) is 8.40. The van der Waals surface area contributed by atoms with Crippen molar-refractivity contribution in [3.8, 4) is 0 Å². The first kappa shape index (κ1) is 10.2. The van der Waals surface area contributed by atoms with Crippen molar-refractivity contribution in [3.05, 3.63) is 10.6 Å². The third kappa shape index (κ3) is 4.07. The van der Waals surface area contributed by atoms with Crippen LogP contribution in [0.25, 0.3) is 0 Å². The molecule has 0 aliphatic rings. The fourth-order valence-electron chi connectivity index (χ4n) is 0.542. The van der Waals surface area contributed by atoms with Crippen LogP contribution < -0.4 is 0 Å². The van der Waals surface area contributed by atoms with Gasteiger partial charge in [-0.3, -0.25) is 0 Å². The largest absolute Gasteiger partial charge is 0.386 e. The summed E-state index contributed by atoms with van der Waals surface area (Å²) < 4.78 is 1.07. The van der Waals surface area contributed by atoms with Crippen LogP contribution in [0, 0.1) is 0 Å². The van der Waals surface area contributed by atoms with Crippen LogP contribution in [0.2, 0.25) is 0 Å². The first-order valence-electron chi connectivity index (χ1n) is 3.61. The lowest BCUT2D eigenvalue weighted by Crippen LogP contribution is -2.18. The molecule has 0 bridgehead atoms. The van der Waals surface area contributed by atoms with Gasteiger partial charge in [0.15, 0.2) is 0 Å². The molecule has 0 aromatic rings. The van der Waals surface area contributed by atoms with Crippen LogP contribution in [-0.4, -0.2) is 10.7 Å². The normalized spacial score (nSPS) is 18.7. The van der Waals surface area contributed by atoms with E-state index in [1.807, 2.05) is 26.8 Å². The Kier molecular flexibility index (Phi) is 4.22. The zero-order chi connectivity index (χ0) is 8.20. The summed E-state index contributed by atoms with van der Waals surface area (Å²) in [4.78, 5) is 0. The second-order valence-corrected chi connectivity index (χ2v) is 3.67. The highest BCUT2D eigenvalue weighted by Crippen LogP contribution is 2.18. The smallest absolute Gasteiger partial charge is 0.0807 e. The zero-order valence-electron chi connectivity index (χ0n) is 6.82. The molecule has 0 radical (unpaired) electrons. The van der Waals surface area contributed by atoms with Gasteiger partial charge in [-0.15, -0.1) is 0 Å². The van der Waals surface area contributed by atoms with Gasteiger partial charge < -0.3 is 5.11 Å². The van der Waals surface area contributed by atoms with E-state index in [0.29, 0.717) is 0 Å². The van der Waals surface area contributed by atoms with E-state index >= 15 is 0 Å². The van der Waals surface area contributed by atoms with E-state index < -0.39 is 5.60 Å². The SMILES string of the molecule is CC/C(Br)=C\C(C)(O)CC. The first-order valence-corrected chi connectivity index (χ1v) is 4.40. The maximum absolute atomic E-state index is 9.52. The monoisotopic (exact) mass is 206 g/mol. The average molecular weight is 207 g/mol. The van der Waals surface area contributed by atoms with Crippen LogP contribution in [-0.2, 0) is 0 Å². The minimum Gasteiger partial charge on any atom is -0.386 e. The molecule has 1 atom stereocenters. The van der Waals surface area contributed by atoms with Crippen LogP contribution in [0.5, 0.6) is 0 Å². The first-order chi connectivity index (χ1) is 4.52. The molecule has 0 aromatic heterocycles. The topological polar surface area (TPSA) is 20.2 Å². The number of hydrogen-bond acceptors (Lipinski definition) is 1. The standard InChI is InChI=1S/C8H15BrO/c1-4-7(9)6-8(3,10)5-2/h6,10H,4-5H2,1-3H3/b7-6+. The van der Waals surface area contributed by atoms with Crippen molar-refractivity contribution in [1.82, 2.24) is 0 Å². The Bertz CT molecular complexity index is 127. The fourth-order valence-corrected chi connectivity index (χ4v) is 1.03. The summed E-state index contributed by atoms with van der Waals surface area (Å²) in [5.74, 6) is 0. The summed E-state index contributed by atoms with van der Waals surface area (Å²) in [5, 5.41) is 9.52. The molecule has 1 unspecified atom stereocenters. The molecule has 2 heteroatoms. The van der Waals surface area contributed by atoms with E-state index in [4.69, 9.17) is 0 Å². The lowest BCUT2D eigenvalue weighted by Gasteiger charge is -2.16. The Morgan fingerprint density at radius 2 is 2.10 bits per heavy atom. The van der Waals surface area contributed by atoms with E-state index in [1.165, 1.54) is 0 Å². The maximum atomic E-state index is 9.52. The highest BCUT2D eigenvalue weighted by molar-refractivity contribution is 9.11. The quantitative estimate of drug-likeness (QED) is 0.754. The van der Waals surface area contributed by atoms with Gasteiger partial charge >= 0.3 is 0 Å². The Labute approximate surface area is 71.3 Å². The van der Waals surface area contributed by atoms with E-state index in [2.05, 4.69) is 15.9 Å². The number of rotatable bonds is 3. The van der Waals surface area contributed by atoms with Crippen LogP contribution in [0.4, 0.5) is 0 Å². The molecule has 0 saturated heterocycles. The van der Waals surface area contributed by atoms with Crippen LogP contribution in [0.3, 0.4) is 0 Å². The Morgan fingerprint density at radius 3 is 2.40 bits per heavy atom. The van der Waals surface area contributed by atoms with Gasteiger partial charge in [-0.25, -0.2) is 0 Å². The van der Waals surface area contributed by atoms with E-state index in [1.54, 1.807) is 0 Å². The number of halogens is 1. The van der Waals surface area contributed by atoms with Crippen molar-refractivity contribution in [2.45, 2.75) is 39.2 Å². The van der Waals surface area contributed by atoms with Gasteiger partial charge in [0.1, 0.15) is 0 Å². The van der Waals surface area contributed by atoms with E-state index in [0.717, 1.165) is 17.3 Å². The van der Waals surface area contributed by atoms with Gasteiger partial charge in [0.05, 0.1) is 5.60 Å². The summed E-state index contributed by atoms with van der Waals surface area (Å²) in [6.07, 6.45) is 3.55. The minimum atomic E-state index is -0.644. The van der Waals surface area contributed by atoms with E-state index in [-0.39, 0.29) is 0 Å². The van der Waals surface area contributed by atoms with Gasteiger partial charge in [-0.1, -0.05) is 29.8 Å². The predicted molar refractivity (Wildman–Crippen MR) is 48.2 cm³/mol. The summed E-state index contributed by atoms with van der Waals surface area (Å²) >= 11 is 3.35. The Hall–Kier alpha value is 0.180. The van der Waals surface area contributed by atoms with Crippen molar-refractivity contribution >= 4 is 15.9 Å². The summed E-state index contributed by atoms with van der Waals surface area (Å²) in [7, 11) is 0. The molecule has 0 aliphatic carbocycles. The Morgan fingerprint density at radius 1 is 1.60 bits per heavy atom. The second-order valence-electron chi connectivity index (χ2n) is 2.66. The van der Waals surface area contributed by atoms with Crippen LogP contribution in [0.15, 0.2) is 10.6 Å². The molecule has 0 aliphatic heterocycles. The molecule has 60 valence electrons. The highest BCUT2D eigenvalue weighted by atomic mass is 79.9. The molecular weight excluding hydrogens is 192 g/mol. The fraction of sp³-hybridized carbons (Fsp3) is 0.750. The number of hydrogen-bond donors (Lipinski definition) is 1. The van der Waals surface area contributed by atoms with Gasteiger partial charge in [-0.2, -0.15) is 0 Å². The second kappa shape index (κ2) is 4.14. The van der Waals surface area contributed by atoms with Crippen molar-refractivity contribution < 1.29 is 5.11 Å². The lowest BCUT2D eigenvalue weighted by molar-refractivity contribution is 0.107. The molecule has 1 nitrogen and oxygen atoms in total. The summed E-state index contributed by atoms with van der Waals surface area (Å²) in [5.41, 5.74) is -0.644. The molecule has 0 rings (SSSR count). The molecule has 0 aromatic carbocycles. The minimum absolute atomic E-state index is 0.644. The van der Waals surface area contributed by atoms with E-state index in [9.17, 15) is 5.11 Å².